The zero-order valence-electron chi connectivity index (χ0n) is 16.6. The maximum Gasteiger partial charge on any atom is 0.261 e. The number of halogens is 2. The summed E-state index contributed by atoms with van der Waals surface area (Å²) in [6.07, 6.45) is 1.45. The van der Waals surface area contributed by atoms with Crippen LogP contribution in [0.15, 0.2) is 53.6 Å². The zero-order valence-corrected chi connectivity index (χ0v) is 16.6. The van der Waals surface area contributed by atoms with E-state index in [1.165, 1.54) is 30.6 Å². The molecule has 0 aliphatic carbocycles. The molecule has 160 valence electrons. The third-order valence-electron chi connectivity index (χ3n) is 5.35. The van der Waals surface area contributed by atoms with Crippen molar-refractivity contribution in [2.75, 3.05) is 26.2 Å². The van der Waals surface area contributed by atoms with E-state index >= 15 is 0 Å². The minimum atomic E-state index is -0.545. The molecule has 4 rings (SSSR count). The van der Waals surface area contributed by atoms with Gasteiger partial charge in [0.25, 0.3) is 5.56 Å². The van der Waals surface area contributed by atoms with Gasteiger partial charge >= 0.3 is 0 Å². The first-order valence-corrected chi connectivity index (χ1v) is 9.85. The van der Waals surface area contributed by atoms with Crippen LogP contribution in [0.4, 0.5) is 8.78 Å². The van der Waals surface area contributed by atoms with Crippen molar-refractivity contribution >= 4 is 22.7 Å². The van der Waals surface area contributed by atoms with Crippen molar-refractivity contribution in [1.82, 2.24) is 19.4 Å². The van der Waals surface area contributed by atoms with Crippen molar-refractivity contribution in [3.05, 3.63) is 76.3 Å². The summed E-state index contributed by atoms with van der Waals surface area (Å²) in [6, 6.07) is 9.54. The highest BCUT2D eigenvalue weighted by Crippen LogP contribution is 2.10. The van der Waals surface area contributed by atoms with E-state index in [1.807, 2.05) is 0 Å². The van der Waals surface area contributed by atoms with Crippen LogP contribution < -0.4 is 5.56 Å². The molecule has 0 unspecified atom stereocenters. The molecule has 1 saturated heterocycles. The van der Waals surface area contributed by atoms with E-state index in [4.69, 9.17) is 0 Å². The molecule has 2 heterocycles. The van der Waals surface area contributed by atoms with Crippen LogP contribution in [-0.4, -0.2) is 57.3 Å². The lowest BCUT2D eigenvalue weighted by Gasteiger charge is -2.35. The molecule has 0 saturated carbocycles. The number of fused-ring (bicyclic) bond motifs is 1. The standard InChI is InChI=1S/C22H20F2N4O3/c23-16-3-1-15(2-4-16)11-20(29)26-7-9-27(10-8-26)21(30)13-28-14-25-19-6-5-17(24)12-18(19)22(28)31/h1-6,12,14H,7-11,13H2. The highest BCUT2D eigenvalue weighted by molar-refractivity contribution is 5.81. The van der Waals surface area contributed by atoms with Crippen LogP contribution in [0.1, 0.15) is 5.56 Å². The largest absolute Gasteiger partial charge is 0.339 e. The normalized spacial score (nSPS) is 14.1. The van der Waals surface area contributed by atoms with Gasteiger partial charge in [0.15, 0.2) is 0 Å². The van der Waals surface area contributed by atoms with Gasteiger partial charge in [-0.2, -0.15) is 0 Å². The van der Waals surface area contributed by atoms with Gasteiger partial charge in [-0.25, -0.2) is 13.8 Å². The molecule has 0 bridgehead atoms. The van der Waals surface area contributed by atoms with Crippen molar-refractivity contribution in [2.24, 2.45) is 0 Å². The van der Waals surface area contributed by atoms with Crippen LogP contribution in [-0.2, 0) is 22.6 Å². The zero-order chi connectivity index (χ0) is 22.0. The second-order valence-electron chi connectivity index (χ2n) is 7.40. The molecule has 1 aliphatic rings. The van der Waals surface area contributed by atoms with Crippen LogP contribution in [0.3, 0.4) is 0 Å². The summed E-state index contributed by atoms with van der Waals surface area (Å²) < 4.78 is 27.6. The molecule has 7 nitrogen and oxygen atoms in total. The van der Waals surface area contributed by atoms with E-state index < -0.39 is 11.4 Å². The second kappa shape index (κ2) is 8.63. The van der Waals surface area contributed by atoms with Gasteiger partial charge in [-0.05, 0) is 35.9 Å². The number of aromatic nitrogens is 2. The number of carbonyl (C=O) groups is 2. The smallest absolute Gasteiger partial charge is 0.261 e. The molecule has 0 spiro atoms. The van der Waals surface area contributed by atoms with Crippen LogP contribution >= 0.6 is 0 Å². The summed E-state index contributed by atoms with van der Waals surface area (Å²) in [7, 11) is 0. The topological polar surface area (TPSA) is 75.5 Å². The van der Waals surface area contributed by atoms with Crippen molar-refractivity contribution in [3.8, 4) is 0 Å². The van der Waals surface area contributed by atoms with Crippen molar-refractivity contribution in [3.63, 3.8) is 0 Å². The molecule has 0 atom stereocenters. The first-order valence-electron chi connectivity index (χ1n) is 9.85. The third-order valence-corrected chi connectivity index (χ3v) is 5.35. The number of hydrogen-bond acceptors (Lipinski definition) is 4. The molecular weight excluding hydrogens is 406 g/mol. The Morgan fingerprint density at radius 2 is 1.48 bits per heavy atom. The predicted octanol–water partition coefficient (Wildman–Crippen LogP) is 1.59. The maximum absolute atomic E-state index is 13.5. The van der Waals surface area contributed by atoms with Gasteiger partial charge in [0.05, 0.1) is 23.7 Å². The van der Waals surface area contributed by atoms with E-state index in [2.05, 4.69) is 4.98 Å². The number of nitrogens with zero attached hydrogens (tertiary/aromatic N) is 4. The van der Waals surface area contributed by atoms with E-state index in [-0.39, 0.29) is 36.0 Å². The minimum absolute atomic E-state index is 0.0873. The molecule has 3 aromatic rings. The molecule has 31 heavy (non-hydrogen) atoms. The van der Waals surface area contributed by atoms with Crippen LogP contribution in [0.5, 0.6) is 0 Å². The molecular formula is C22H20F2N4O3. The van der Waals surface area contributed by atoms with Gasteiger partial charge in [0, 0.05) is 26.2 Å². The number of amides is 2. The summed E-state index contributed by atoms with van der Waals surface area (Å²) in [6.45, 7) is 1.24. The third kappa shape index (κ3) is 4.60. The Bertz CT molecular complexity index is 1190. The summed E-state index contributed by atoms with van der Waals surface area (Å²) in [5.41, 5.74) is 0.610. The molecule has 2 amide bonds. The fourth-order valence-corrected chi connectivity index (χ4v) is 3.58. The summed E-state index contributed by atoms with van der Waals surface area (Å²) >= 11 is 0. The maximum atomic E-state index is 13.5. The number of piperazine rings is 1. The fraction of sp³-hybridized carbons (Fsp3) is 0.273. The van der Waals surface area contributed by atoms with Gasteiger partial charge in [-0.3, -0.25) is 19.0 Å². The fourth-order valence-electron chi connectivity index (χ4n) is 3.58. The Morgan fingerprint density at radius 1 is 0.871 bits per heavy atom. The highest BCUT2D eigenvalue weighted by atomic mass is 19.1. The van der Waals surface area contributed by atoms with E-state index in [9.17, 15) is 23.2 Å². The highest BCUT2D eigenvalue weighted by Gasteiger charge is 2.24. The lowest BCUT2D eigenvalue weighted by molar-refractivity contribution is -0.139. The van der Waals surface area contributed by atoms with Crippen LogP contribution in [0.25, 0.3) is 10.9 Å². The number of hydrogen-bond donors (Lipinski definition) is 0. The van der Waals surface area contributed by atoms with Crippen LogP contribution in [0.2, 0.25) is 0 Å². The Morgan fingerprint density at radius 3 is 2.16 bits per heavy atom. The quantitative estimate of drug-likeness (QED) is 0.635. The minimum Gasteiger partial charge on any atom is -0.339 e. The molecule has 1 aliphatic heterocycles. The van der Waals surface area contributed by atoms with Crippen molar-refractivity contribution in [1.29, 1.82) is 0 Å². The van der Waals surface area contributed by atoms with Crippen molar-refractivity contribution < 1.29 is 18.4 Å². The number of benzene rings is 2. The SMILES string of the molecule is O=C(Cc1ccc(F)cc1)N1CCN(C(=O)Cn2cnc3ccc(F)cc3c2=O)CC1. The molecule has 1 aromatic heterocycles. The lowest BCUT2D eigenvalue weighted by Crippen LogP contribution is -2.52. The number of carbonyl (C=O) groups excluding carboxylic acids is 2. The van der Waals surface area contributed by atoms with Gasteiger partial charge < -0.3 is 9.80 Å². The van der Waals surface area contributed by atoms with Crippen LogP contribution in [0, 0.1) is 11.6 Å². The van der Waals surface area contributed by atoms with Gasteiger partial charge in [-0.15, -0.1) is 0 Å². The monoisotopic (exact) mass is 426 g/mol. The summed E-state index contributed by atoms with van der Waals surface area (Å²) in [4.78, 5) is 45.0. The molecule has 0 radical (unpaired) electrons. The Labute approximate surface area is 176 Å². The molecule has 1 fully saturated rings. The number of rotatable bonds is 4. The summed E-state index contributed by atoms with van der Waals surface area (Å²) in [5.74, 6) is -1.26. The predicted molar refractivity (Wildman–Crippen MR) is 109 cm³/mol. The first-order chi connectivity index (χ1) is 14.9. The molecule has 2 aromatic carbocycles. The second-order valence-corrected chi connectivity index (χ2v) is 7.40. The Hall–Kier alpha value is -3.62. The molecule has 9 heteroatoms. The van der Waals surface area contributed by atoms with Gasteiger partial charge in [0.1, 0.15) is 18.2 Å². The van der Waals surface area contributed by atoms with E-state index in [1.54, 1.807) is 21.9 Å². The van der Waals surface area contributed by atoms with E-state index in [0.717, 1.165) is 16.2 Å². The average molecular weight is 426 g/mol. The first kappa shape index (κ1) is 20.6. The van der Waals surface area contributed by atoms with Gasteiger partial charge in [0.2, 0.25) is 11.8 Å². The van der Waals surface area contributed by atoms with Gasteiger partial charge in [-0.1, -0.05) is 12.1 Å². The van der Waals surface area contributed by atoms with E-state index in [0.29, 0.717) is 31.7 Å². The Kier molecular flexibility index (Phi) is 5.75. The molecule has 0 N–H and O–H groups in total. The lowest BCUT2D eigenvalue weighted by atomic mass is 10.1. The average Bonchev–Trinajstić information content (AvgIpc) is 2.77. The van der Waals surface area contributed by atoms with Crippen molar-refractivity contribution in [2.45, 2.75) is 13.0 Å². The Balaban J connectivity index is 1.36. The summed E-state index contributed by atoms with van der Waals surface area (Å²) in [5, 5.41) is 0.117.